The Labute approximate surface area is 159 Å². The molecule has 28 heavy (non-hydrogen) atoms. The summed E-state index contributed by atoms with van der Waals surface area (Å²) in [5.74, 6) is -1.61. The zero-order valence-corrected chi connectivity index (χ0v) is 15.4. The molecule has 0 amide bonds. The van der Waals surface area contributed by atoms with Crippen molar-refractivity contribution < 1.29 is 19.0 Å². The van der Waals surface area contributed by atoms with Gasteiger partial charge in [0.15, 0.2) is 11.6 Å². The van der Waals surface area contributed by atoms with E-state index in [0.717, 1.165) is 24.5 Å². The van der Waals surface area contributed by atoms with Crippen LogP contribution in [0.1, 0.15) is 36.2 Å². The number of rotatable bonds is 2. The van der Waals surface area contributed by atoms with Gasteiger partial charge in [0.25, 0.3) is 0 Å². The summed E-state index contributed by atoms with van der Waals surface area (Å²) in [6.07, 6.45) is 3.18. The number of benzene rings is 1. The summed E-state index contributed by atoms with van der Waals surface area (Å²) in [5.41, 5.74) is 8.27. The Hall–Kier alpha value is -2.87. The van der Waals surface area contributed by atoms with Crippen molar-refractivity contribution in [2.24, 2.45) is 5.73 Å². The van der Waals surface area contributed by atoms with Gasteiger partial charge in [0.05, 0.1) is 16.9 Å². The van der Waals surface area contributed by atoms with Gasteiger partial charge < -0.3 is 25.0 Å². The fourth-order valence-corrected chi connectivity index (χ4v) is 4.65. The minimum Gasteiger partial charge on any atom is -0.487 e. The minimum absolute atomic E-state index is 0.0112. The summed E-state index contributed by atoms with van der Waals surface area (Å²) >= 11 is 0. The maximum atomic E-state index is 15.2. The summed E-state index contributed by atoms with van der Waals surface area (Å²) in [7, 11) is 0. The minimum atomic E-state index is -1.32. The summed E-state index contributed by atoms with van der Waals surface area (Å²) in [5, 5.41) is 9.39. The lowest BCUT2D eigenvalue weighted by molar-refractivity contribution is 0.0694. The molecule has 8 heteroatoms. The van der Waals surface area contributed by atoms with E-state index < -0.39 is 17.2 Å². The number of hydrogen-bond donors (Lipinski definition) is 2. The average molecular weight is 385 g/mol. The second kappa shape index (κ2) is 5.81. The van der Waals surface area contributed by atoms with Crippen LogP contribution in [0.2, 0.25) is 0 Å². The molecule has 1 unspecified atom stereocenters. The van der Waals surface area contributed by atoms with Gasteiger partial charge in [-0.15, -0.1) is 0 Å². The van der Waals surface area contributed by atoms with Gasteiger partial charge >= 0.3 is 5.97 Å². The lowest BCUT2D eigenvalue weighted by atomic mass is 10.1. The van der Waals surface area contributed by atoms with Crippen LogP contribution in [0, 0.1) is 5.82 Å². The Morgan fingerprint density at radius 2 is 2.18 bits per heavy atom. The summed E-state index contributed by atoms with van der Waals surface area (Å²) in [6, 6.07) is 0.976. The second-order valence-corrected chi connectivity index (χ2v) is 7.81. The predicted molar refractivity (Wildman–Crippen MR) is 102 cm³/mol. The third-order valence-electron chi connectivity index (χ3n) is 6.09. The van der Waals surface area contributed by atoms with Gasteiger partial charge in [0.1, 0.15) is 17.9 Å². The summed E-state index contributed by atoms with van der Waals surface area (Å²) < 4.78 is 22.8. The lowest BCUT2D eigenvalue weighted by Gasteiger charge is -2.31. The van der Waals surface area contributed by atoms with Crippen molar-refractivity contribution >= 4 is 22.6 Å². The number of hydrogen-bond acceptors (Lipinski definition) is 5. The molecular weight excluding hydrogens is 365 g/mol. The number of aromatic nitrogens is 1. The zero-order chi connectivity index (χ0) is 19.7. The van der Waals surface area contributed by atoms with Crippen molar-refractivity contribution in [3.05, 3.63) is 45.0 Å². The van der Waals surface area contributed by atoms with Gasteiger partial charge in [-0.25, -0.2) is 9.18 Å². The summed E-state index contributed by atoms with van der Waals surface area (Å²) in [4.78, 5) is 26.0. The number of pyridine rings is 1. The SMILES string of the molecule is C[C@H]1COc2c(N3CC4=C(C3)C(N)CC4)c(F)cc3c(=O)c(C(=O)O)cn1c23. The molecule has 0 fully saturated rings. The highest BCUT2D eigenvalue weighted by atomic mass is 19.1. The molecule has 0 bridgehead atoms. The molecule has 3 N–H and O–H groups in total. The van der Waals surface area contributed by atoms with E-state index in [0.29, 0.717) is 30.0 Å². The number of carboxylic acid groups (broad SMARTS) is 1. The Kier molecular flexibility index (Phi) is 3.58. The number of anilines is 1. The fraction of sp³-hybridized carbons (Fsp3) is 0.400. The number of carbonyl (C=O) groups is 1. The first-order valence-corrected chi connectivity index (χ1v) is 9.35. The standard InChI is InChI=1S/C20H20FN3O4/c1-9-8-28-19-16-11(18(25)13(20(26)27)7-24(9)16)4-14(21)17(19)23-5-10-2-3-15(22)12(10)6-23/h4,7,9,15H,2-3,5-6,8,22H2,1H3,(H,26,27)/t9-,15?/m0/s1. The van der Waals surface area contributed by atoms with Crippen molar-refractivity contribution in [2.75, 3.05) is 24.6 Å². The Bertz CT molecular complexity index is 1140. The monoisotopic (exact) mass is 385 g/mol. The van der Waals surface area contributed by atoms with Gasteiger partial charge in [-0.2, -0.15) is 0 Å². The highest BCUT2D eigenvalue weighted by Crippen LogP contribution is 2.44. The van der Waals surface area contributed by atoms with Gasteiger partial charge in [0, 0.05) is 25.3 Å². The topological polar surface area (TPSA) is 97.8 Å². The van der Waals surface area contributed by atoms with Crippen LogP contribution in [0.3, 0.4) is 0 Å². The van der Waals surface area contributed by atoms with Crippen LogP contribution in [0.5, 0.6) is 5.75 Å². The predicted octanol–water partition coefficient (Wildman–Crippen LogP) is 2.03. The lowest BCUT2D eigenvalue weighted by Crippen LogP contribution is -2.31. The highest BCUT2D eigenvalue weighted by molar-refractivity contribution is 5.97. The first kappa shape index (κ1) is 17.2. The van der Waals surface area contributed by atoms with Gasteiger partial charge in [0.2, 0.25) is 5.43 Å². The van der Waals surface area contributed by atoms with Crippen molar-refractivity contribution in [1.82, 2.24) is 4.57 Å². The first-order chi connectivity index (χ1) is 13.4. The summed E-state index contributed by atoms with van der Waals surface area (Å²) in [6.45, 7) is 3.27. The van der Waals surface area contributed by atoms with E-state index in [1.165, 1.54) is 11.8 Å². The van der Waals surface area contributed by atoms with E-state index in [9.17, 15) is 14.7 Å². The Morgan fingerprint density at radius 1 is 1.39 bits per heavy atom. The zero-order valence-electron chi connectivity index (χ0n) is 15.4. The molecule has 3 heterocycles. The van der Waals surface area contributed by atoms with Crippen LogP contribution in [0.15, 0.2) is 28.2 Å². The highest BCUT2D eigenvalue weighted by Gasteiger charge is 2.35. The largest absolute Gasteiger partial charge is 0.487 e. The third kappa shape index (κ3) is 2.24. The molecule has 1 aromatic carbocycles. The molecule has 2 aliphatic heterocycles. The smallest absolute Gasteiger partial charge is 0.341 e. The molecule has 2 atom stereocenters. The number of ether oxygens (including phenoxy) is 1. The normalized spacial score (nSPS) is 23.3. The molecule has 7 nitrogen and oxygen atoms in total. The molecule has 5 rings (SSSR count). The molecule has 3 aliphatic rings. The molecule has 1 aliphatic carbocycles. The van der Waals surface area contributed by atoms with E-state index in [1.54, 1.807) is 4.57 Å². The van der Waals surface area contributed by atoms with Crippen LogP contribution < -0.4 is 20.8 Å². The van der Waals surface area contributed by atoms with E-state index in [4.69, 9.17) is 10.5 Å². The molecule has 0 saturated carbocycles. The molecular formula is C20H20FN3O4. The third-order valence-corrected chi connectivity index (χ3v) is 6.09. The maximum absolute atomic E-state index is 15.2. The molecule has 0 spiro atoms. The van der Waals surface area contributed by atoms with E-state index in [-0.39, 0.29) is 29.6 Å². The molecule has 146 valence electrons. The molecule has 0 saturated heterocycles. The number of aromatic carboxylic acids is 1. The molecule has 2 aromatic rings. The van der Waals surface area contributed by atoms with Crippen LogP contribution in [-0.4, -0.2) is 41.4 Å². The van der Waals surface area contributed by atoms with E-state index in [2.05, 4.69) is 0 Å². The first-order valence-electron chi connectivity index (χ1n) is 9.35. The number of carboxylic acids is 1. The van der Waals surface area contributed by atoms with Crippen molar-refractivity contribution in [2.45, 2.75) is 31.8 Å². The number of halogens is 1. The molecule has 1 aromatic heterocycles. The maximum Gasteiger partial charge on any atom is 0.341 e. The number of nitrogens with two attached hydrogens (primary N) is 1. The van der Waals surface area contributed by atoms with Crippen molar-refractivity contribution in [3.8, 4) is 5.75 Å². The average Bonchev–Trinajstić information content (AvgIpc) is 3.21. The fourth-order valence-electron chi connectivity index (χ4n) is 4.65. The Balaban J connectivity index is 1.73. The van der Waals surface area contributed by atoms with Gasteiger partial charge in [-0.05, 0) is 37.0 Å². The van der Waals surface area contributed by atoms with Crippen LogP contribution in [-0.2, 0) is 0 Å². The quantitative estimate of drug-likeness (QED) is 0.768. The van der Waals surface area contributed by atoms with Gasteiger partial charge in [-0.1, -0.05) is 0 Å². The van der Waals surface area contributed by atoms with Crippen molar-refractivity contribution in [3.63, 3.8) is 0 Å². The van der Waals surface area contributed by atoms with E-state index >= 15 is 4.39 Å². The van der Waals surface area contributed by atoms with Crippen LogP contribution in [0.4, 0.5) is 10.1 Å². The number of nitrogens with zero attached hydrogens (tertiary/aromatic N) is 2. The second-order valence-electron chi connectivity index (χ2n) is 7.81. The van der Waals surface area contributed by atoms with Gasteiger partial charge in [-0.3, -0.25) is 4.79 Å². The van der Waals surface area contributed by atoms with E-state index in [1.807, 2.05) is 11.8 Å². The van der Waals surface area contributed by atoms with Crippen molar-refractivity contribution in [1.29, 1.82) is 0 Å². The molecule has 0 radical (unpaired) electrons. The Morgan fingerprint density at radius 3 is 2.89 bits per heavy atom. The van der Waals surface area contributed by atoms with Crippen LogP contribution >= 0.6 is 0 Å². The van der Waals surface area contributed by atoms with Crippen LogP contribution in [0.25, 0.3) is 10.9 Å².